The Balaban J connectivity index is 1.97. The second-order valence-electron chi connectivity index (χ2n) is 3.54. The molecule has 2 N–H and O–H groups in total. The lowest BCUT2D eigenvalue weighted by Crippen LogP contribution is -2.13. The van der Waals surface area contributed by atoms with Crippen LogP contribution in [0.2, 0.25) is 0 Å². The highest BCUT2D eigenvalue weighted by molar-refractivity contribution is 7.09. The van der Waals surface area contributed by atoms with Crippen molar-refractivity contribution in [1.29, 1.82) is 0 Å². The van der Waals surface area contributed by atoms with Crippen molar-refractivity contribution in [2.24, 2.45) is 5.73 Å². The molecule has 0 radical (unpaired) electrons. The molecule has 0 aliphatic carbocycles. The maximum Gasteiger partial charge on any atom is 0.252 e. The van der Waals surface area contributed by atoms with E-state index >= 15 is 0 Å². The Morgan fingerprint density at radius 3 is 2.76 bits per heavy atom. The predicted octanol–water partition coefficient (Wildman–Crippen LogP) is 2.47. The molecule has 0 bridgehead atoms. The zero-order valence-electron chi connectivity index (χ0n) is 9.26. The fourth-order valence-electron chi connectivity index (χ4n) is 1.51. The van der Waals surface area contributed by atoms with Crippen molar-refractivity contribution in [3.05, 3.63) is 52.2 Å². The number of ether oxygens (including phenoxy) is 1. The third-order valence-corrected chi connectivity index (χ3v) is 3.27. The van der Waals surface area contributed by atoms with E-state index in [-0.39, 0.29) is 0 Å². The molecule has 17 heavy (non-hydrogen) atoms. The summed E-state index contributed by atoms with van der Waals surface area (Å²) < 4.78 is 5.58. The topological polar surface area (TPSA) is 52.3 Å². The van der Waals surface area contributed by atoms with Gasteiger partial charge in [-0.05, 0) is 23.6 Å². The highest BCUT2D eigenvalue weighted by Crippen LogP contribution is 2.18. The third-order valence-electron chi connectivity index (χ3n) is 2.34. The molecule has 4 heteroatoms. The van der Waals surface area contributed by atoms with E-state index in [1.165, 1.54) is 4.88 Å². The number of para-hydroxylation sites is 1. The molecule has 0 fully saturated rings. The van der Waals surface area contributed by atoms with Crippen LogP contribution in [0.1, 0.15) is 15.2 Å². The number of carbonyl (C=O) groups is 1. The Kier molecular flexibility index (Phi) is 3.77. The molecule has 0 spiro atoms. The Bertz CT molecular complexity index is 494. The number of amides is 1. The first-order valence-corrected chi connectivity index (χ1v) is 6.19. The lowest BCUT2D eigenvalue weighted by molar-refractivity contribution is 0.0996. The summed E-state index contributed by atoms with van der Waals surface area (Å²) in [6.07, 6.45) is 0.838. The zero-order chi connectivity index (χ0) is 12.1. The summed E-state index contributed by atoms with van der Waals surface area (Å²) in [5.74, 6) is 0.0910. The molecule has 0 aliphatic heterocycles. The van der Waals surface area contributed by atoms with E-state index in [9.17, 15) is 4.79 Å². The van der Waals surface area contributed by atoms with Crippen LogP contribution in [0.5, 0.6) is 5.75 Å². The number of benzene rings is 1. The highest BCUT2D eigenvalue weighted by Gasteiger charge is 2.07. The van der Waals surface area contributed by atoms with E-state index in [0.29, 0.717) is 17.9 Å². The number of hydrogen-bond donors (Lipinski definition) is 1. The van der Waals surface area contributed by atoms with Gasteiger partial charge in [0.15, 0.2) is 0 Å². The Morgan fingerprint density at radius 2 is 2.06 bits per heavy atom. The van der Waals surface area contributed by atoms with Crippen LogP contribution in [-0.4, -0.2) is 12.5 Å². The van der Waals surface area contributed by atoms with Crippen LogP contribution in [0, 0.1) is 0 Å². The molecule has 2 aromatic rings. The highest BCUT2D eigenvalue weighted by atomic mass is 32.1. The molecule has 1 heterocycles. The first-order chi connectivity index (χ1) is 8.27. The van der Waals surface area contributed by atoms with Crippen molar-refractivity contribution < 1.29 is 9.53 Å². The van der Waals surface area contributed by atoms with Crippen LogP contribution in [0.3, 0.4) is 0 Å². The summed E-state index contributed by atoms with van der Waals surface area (Å²) in [5.41, 5.74) is 5.69. The predicted molar refractivity (Wildman–Crippen MR) is 68.5 cm³/mol. The molecular weight excluding hydrogens is 234 g/mol. The molecule has 0 atom stereocenters. The first kappa shape index (κ1) is 11.7. The van der Waals surface area contributed by atoms with E-state index in [1.54, 1.807) is 29.5 Å². The normalized spacial score (nSPS) is 10.1. The minimum Gasteiger partial charge on any atom is -0.492 e. The van der Waals surface area contributed by atoms with Gasteiger partial charge >= 0.3 is 0 Å². The number of primary amides is 1. The van der Waals surface area contributed by atoms with Gasteiger partial charge in [-0.1, -0.05) is 18.2 Å². The number of carbonyl (C=O) groups excluding carboxylic acids is 1. The summed E-state index contributed by atoms with van der Waals surface area (Å²) in [5, 5.41) is 2.03. The quantitative estimate of drug-likeness (QED) is 0.882. The molecule has 1 amide bonds. The largest absolute Gasteiger partial charge is 0.492 e. The van der Waals surface area contributed by atoms with E-state index in [1.807, 2.05) is 17.5 Å². The van der Waals surface area contributed by atoms with Gasteiger partial charge in [-0.15, -0.1) is 11.3 Å². The van der Waals surface area contributed by atoms with Gasteiger partial charge in [0.2, 0.25) is 0 Å². The second-order valence-corrected chi connectivity index (χ2v) is 4.57. The average molecular weight is 247 g/mol. The van der Waals surface area contributed by atoms with Gasteiger partial charge < -0.3 is 10.5 Å². The monoisotopic (exact) mass is 247 g/mol. The molecule has 0 saturated heterocycles. The van der Waals surface area contributed by atoms with Crippen LogP contribution in [0.15, 0.2) is 41.8 Å². The lowest BCUT2D eigenvalue weighted by atomic mass is 10.2. The van der Waals surface area contributed by atoms with E-state index in [4.69, 9.17) is 10.5 Å². The smallest absolute Gasteiger partial charge is 0.252 e. The second kappa shape index (κ2) is 5.50. The van der Waals surface area contributed by atoms with Crippen molar-refractivity contribution >= 4 is 17.2 Å². The van der Waals surface area contributed by atoms with Crippen molar-refractivity contribution in [2.45, 2.75) is 6.42 Å². The average Bonchev–Trinajstić information content (AvgIpc) is 2.82. The summed E-state index contributed by atoms with van der Waals surface area (Å²) in [7, 11) is 0. The standard InChI is InChI=1S/C13H13NO2S/c14-13(15)11-5-1-2-6-12(11)16-8-7-10-4-3-9-17-10/h1-6,9H,7-8H2,(H2,14,15). The fourth-order valence-corrected chi connectivity index (χ4v) is 2.20. The summed E-state index contributed by atoms with van der Waals surface area (Å²) in [4.78, 5) is 12.4. The minimum absolute atomic E-state index is 0.429. The van der Waals surface area contributed by atoms with Crippen molar-refractivity contribution in [3.63, 3.8) is 0 Å². The van der Waals surface area contributed by atoms with Gasteiger partial charge in [0.25, 0.3) is 5.91 Å². The number of nitrogens with two attached hydrogens (primary N) is 1. The molecule has 2 rings (SSSR count). The molecule has 1 aromatic carbocycles. The van der Waals surface area contributed by atoms with Crippen molar-refractivity contribution in [2.75, 3.05) is 6.61 Å². The Hall–Kier alpha value is -1.81. The Morgan fingerprint density at radius 1 is 1.24 bits per heavy atom. The molecular formula is C13H13NO2S. The first-order valence-electron chi connectivity index (χ1n) is 5.31. The van der Waals surface area contributed by atoms with E-state index < -0.39 is 5.91 Å². The van der Waals surface area contributed by atoms with Gasteiger partial charge in [0, 0.05) is 11.3 Å². The van der Waals surface area contributed by atoms with Gasteiger partial charge in [0.1, 0.15) is 5.75 Å². The SMILES string of the molecule is NC(=O)c1ccccc1OCCc1cccs1. The number of rotatable bonds is 5. The number of thiophene rings is 1. The van der Waals surface area contributed by atoms with Crippen LogP contribution >= 0.6 is 11.3 Å². The molecule has 88 valence electrons. The van der Waals surface area contributed by atoms with Crippen molar-refractivity contribution in [3.8, 4) is 5.75 Å². The van der Waals surface area contributed by atoms with Crippen LogP contribution in [0.25, 0.3) is 0 Å². The summed E-state index contributed by atoms with van der Waals surface area (Å²) in [6.45, 7) is 0.546. The van der Waals surface area contributed by atoms with Gasteiger partial charge in [0.05, 0.1) is 12.2 Å². The van der Waals surface area contributed by atoms with E-state index in [2.05, 4.69) is 6.07 Å². The van der Waals surface area contributed by atoms with Crippen LogP contribution in [-0.2, 0) is 6.42 Å². The number of hydrogen-bond acceptors (Lipinski definition) is 3. The molecule has 1 aromatic heterocycles. The lowest BCUT2D eigenvalue weighted by Gasteiger charge is -2.08. The molecule has 0 aliphatic rings. The van der Waals surface area contributed by atoms with Crippen molar-refractivity contribution in [1.82, 2.24) is 0 Å². The molecule has 0 saturated carbocycles. The van der Waals surface area contributed by atoms with Gasteiger partial charge in [-0.2, -0.15) is 0 Å². The summed E-state index contributed by atoms with van der Waals surface area (Å²) >= 11 is 1.70. The maximum absolute atomic E-state index is 11.2. The van der Waals surface area contributed by atoms with Crippen LogP contribution in [0.4, 0.5) is 0 Å². The third kappa shape index (κ3) is 3.07. The minimum atomic E-state index is -0.461. The maximum atomic E-state index is 11.2. The van der Waals surface area contributed by atoms with Gasteiger partial charge in [-0.3, -0.25) is 4.79 Å². The zero-order valence-corrected chi connectivity index (χ0v) is 10.1. The van der Waals surface area contributed by atoms with Crippen LogP contribution < -0.4 is 10.5 Å². The molecule has 3 nitrogen and oxygen atoms in total. The molecule has 0 unspecified atom stereocenters. The summed E-state index contributed by atoms with van der Waals surface area (Å²) in [6, 6.07) is 11.1. The fraction of sp³-hybridized carbons (Fsp3) is 0.154. The van der Waals surface area contributed by atoms with E-state index in [0.717, 1.165) is 6.42 Å². The Labute approximate surface area is 104 Å². The van der Waals surface area contributed by atoms with Gasteiger partial charge in [-0.25, -0.2) is 0 Å².